The second-order valence-electron chi connectivity index (χ2n) is 4.49. The molecule has 0 N–H and O–H groups in total. The standard InChI is InChI=1S/C11H17F3O3/c1-5-16-9(15)17-8(11(12,13)14)6-7-10(2,3)4/h6-8H,5H2,1-4H3/b7-6+. The predicted molar refractivity (Wildman–Crippen MR) is 56.5 cm³/mol. The number of hydrogen-bond donors (Lipinski definition) is 0. The minimum Gasteiger partial charge on any atom is -0.435 e. The van der Waals surface area contributed by atoms with Crippen molar-refractivity contribution in [2.45, 2.75) is 40.0 Å². The van der Waals surface area contributed by atoms with E-state index < -0.39 is 23.9 Å². The highest BCUT2D eigenvalue weighted by Gasteiger charge is 2.41. The van der Waals surface area contributed by atoms with Gasteiger partial charge >= 0.3 is 12.3 Å². The Kier molecular flexibility index (Phi) is 5.51. The van der Waals surface area contributed by atoms with Gasteiger partial charge in [0, 0.05) is 0 Å². The molecule has 1 atom stereocenters. The van der Waals surface area contributed by atoms with Gasteiger partial charge in [-0.15, -0.1) is 0 Å². The van der Waals surface area contributed by atoms with Crippen LogP contribution in [0.2, 0.25) is 0 Å². The lowest BCUT2D eigenvalue weighted by Gasteiger charge is -2.19. The molecule has 0 fully saturated rings. The van der Waals surface area contributed by atoms with Crippen LogP contribution < -0.4 is 0 Å². The summed E-state index contributed by atoms with van der Waals surface area (Å²) in [7, 11) is 0. The third kappa shape index (κ3) is 7.65. The Hall–Kier alpha value is -1.20. The molecule has 0 aliphatic carbocycles. The second kappa shape index (κ2) is 5.93. The Morgan fingerprint density at radius 3 is 2.18 bits per heavy atom. The molecule has 0 spiro atoms. The molecule has 0 saturated heterocycles. The SMILES string of the molecule is CCOC(=O)OC(/C=C/C(C)(C)C)C(F)(F)F. The van der Waals surface area contributed by atoms with E-state index in [1.165, 1.54) is 13.0 Å². The molecule has 0 aliphatic heterocycles. The van der Waals surface area contributed by atoms with Gasteiger partial charge in [0.2, 0.25) is 6.10 Å². The van der Waals surface area contributed by atoms with Gasteiger partial charge in [-0.2, -0.15) is 13.2 Å². The number of allylic oxidation sites excluding steroid dienone is 1. The largest absolute Gasteiger partial charge is 0.509 e. The first kappa shape index (κ1) is 15.8. The molecule has 0 heterocycles. The maximum atomic E-state index is 12.5. The fraction of sp³-hybridized carbons (Fsp3) is 0.727. The fourth-order valence-corrected chi connectivity index (χ4v) is 0.847. The molecule has 3 nitrogen and oxygen atoms in total. The smallest absolute Gasteiger partial charge is 0.435 e. The first-order chi connectivity index (χ1) is 7.56. The Bertz CT molecular complexity index is 277. The zero-order valence-corrected chi connectivity index (χ0v) is 10.3. The maximum absolute atomic E-state index is 12.5. The van der Waals surface area contributed by atoms with Crippen molar-refractivity contribution < 1.29 is 27.4 Å². The van der Waals surface area contributed by atoms with E-state index in [9.17, 15) is 18.0 Å². The number of carbonyl (C=O) groups excluding carboxylic acids is 1. The number of rotatable bonds is 3. The molecular formula is C11H17F3O3. The Morgan fingerprint density at radius 2 is 1.82 bits per heavy atom. The Balaban J connectivity index is 4.68. The van der Waals surface area contributed by atoms with Crippen LogP contribution in [0.4, 0.5) is 18.0 Å². The maximum Gasteiger partial charge on any atom is 0.509 e. The van der Waals surface area contributed by atoms with Crippen LogP contribution >= 0.6 is 0 Å². The van der Waals surface area contributed by atoms with E-state index in [0.29, 0.717) is 0 Å². The van der Waals surface area contributed by atoms with E-state index in [1.54, 1.807) is 20.8 Å². The molecule has 100 valence electrons. The van der Waals surface area contributed by atoms with E-state index in [1.807, 2.05) is 0 Å². The molecule has 0 bridgehead atoms. The number of alkyl halides is 3. The van der Waals surface area contributed by atoms with Gasteiger partial charge in [-0.1, -0.05) is 26.8 Å². The van der Waals surface area contributed by atoms with Gasteiger partial charge in [-0.25, -0.2) is 4.79 Å². The highest BCUT2D eigenvalue weighted by molar-refractivity contribution is 5.60. The van der Waals surface area contributed by atoms with Crippen LogP contribution in [0.5, 0.6) is 0 Å². The van der Waals surface area contributed by atoms with E-state index in [-0.39, 0.29) is 6.61 Å². The van der Waals surface area contributed by atoms with Gasteiger partial charge in [0.25, 0.3) is 0 Å². The predicted octanol–water partition coefficient (Wildman–Crippen LogP) is 3.69. The van der Waals surface area contributed by atoms with E-state index in [4.69, 9.17) is 0 Å². The van der Waals surface area contributed by atoms with Crippen molar-refractivity contribution in [3.8, 4) is 0 Å². The number of carbonyl (C=O) groups is 1. The van der Waals surface area contributed by atoms with Gasteiger partial charge in [-0.3, -0.25) is 0 Å². The number of halogens is 3. The van der Waals surface area contributed by atoms with Crippen LogP contribution in [0, 0.1) is 5.41 Å². The summed E-state index contributed by atoms with van der Waals surface area (Å²) in [6.07, 6.45) is -6.09. The zero-order chi connectivity index (χ0) is 13.7. The van der Waals surface area contributed by atoms with Crippen molar-refractivity contribution in [1.82, 2.24) is 0 Å². The average Bonchev–Trinajstić information content (AvgIpc) is 2.09. The highest BCUT2D eigenvalue weighted by Crippen LogP contribution is 2.26. The van der Waals surface area contributed by atoms with Crippen LogP contribution in [0.15, 0.2) is 12.2 Å². The van der Waals surface area contributed by atoms with Crippen LogP contribution in [-0.4, -0.2) is 25.0 Å². The minimum atomic E-state index is -4.64. The summed E-state index contributed by atoms with van der Waals surface area (Å²) < 4.78 is 46.0. The van der Waals surface area contributed by atoms with Gasteiger partial charge in [0.1, 0.15) is 0 Å². The van der Waals surface area contributed by atoms with Crippen molar-refractivity contribution in [3.63, 3.8) is 0 Å². The van der Waals surface area contributed by atoms with Gasteiger partial charge in [0.15, 0.2) is 0 Å². The Labute approximate surface area is 98.6 Å². The van der Waals surface area contributed by atoms with Crippen molar-refractivity contribution in [3.05, 3.63) is 12.2 Å². The minimum absolute atomic E-state index is 0.0353. The fourth-order valence-electron chi connectivity index (χ4n) is 0.847. The lowest BCUT2D eigenvalue weighted by molar-refractivity contribution is -0.193. The third-order valence-electron chi connectivity index (χ3n) is 1.58. The third-order valence-corrected chi connectivity index (χ3v) is 1.58. The first-order valence-corrected chi connectivity index (χ1v) is 5.15. The summed E-state index contributed by atoms with van der Waals surface area (Å²) in [5.41, 5.74) is -0.429. The van der Waals surface area contributed by atoms with Crippen LogP contribution in [0.1, 0.15) is 27.7 Å². The molecule has 0 aliphatic rings. The molecule has 6 heteroatoms. The quantitative estimate of drug-likeness (QED) is 0.569. The van der Waals surface area contributed by atoms with Crippen molar-refractivity contribution >= 4 is 6.16 Å². The first-order valence-electron chi connectivity index (χ1n) is 5.15. The summed E-state index contributed by atoms with van der Waals surface area (Å²) in [6, 6.07) is 0. The van der Waals surface area contributed by atoms with Gasteiger partial charge < -0.3 is 9.47 Å². The van der Waals surface area contributed by atoms with E-state index >= 15 is 0 Å². The van der Waals surface area contributed by atoms with E-state index in [0.717, 1.165) is 6.08 Å². The molecule has 0 aromatic heterocycles. The van der Waals surface area contributed by atoms with E-state index in [2.05, 4.69) is 9.47 Å². The molecule has 0 rings (SSSR count). The molecule has 1 unspecified atom stereocenters. The number of ether oxygens (including phenoxy) is 2. The molecule has 0 amide bonds. The number of hydrogen-bond acceptors (Lipinski definition) is 3. The van der Waals surface area contributed by atoms with Gasteiger partial charge in [-0.05, 0) is 18.4 Å². The normalized spacial score (nSPS) is 14.8. The summed E-state index contributed by atoms with van der Waals surface area (Å²) in [5, 5.41) is 0. The summed E-state index contributed by atoms with van der Waals surface area (Å²) in [5.74, 6) is 0. The summed E-state index contributed by atoms with van der Waals surface area (Å²) >= 11 is 0. The van der Waals surface area contributed by atoms with Crippen LogP contribution in [-0.2, 0) is 9.47 Å². The summed E-state index contributed by atoms with van der Waals surface area (Å²) in [6.45, 7) is 6.66. The van der Waals surface area contributed by atoms with Crippen molar-refractivity contribution in [1.29, 1.82) is 0 Å². The lowest BCUT2D eigenvalue weighted by atomic mass is 9.95. The highest BCUT2D eigenvalue weighted by atomic mass is 19.4. The average molecular weight is 254 g/mol. The zero-order valence-electron chi connectivity index (χ0n) is 10.3. The lowest BCUT2D eigenvalue weighted by Crippen LogP contribution is -2.32. The molecule has 17 heavy (non-hydrogen) atoms. The molecule has 0 aromatic rings. The van der Waals surface area contributed by atoms with Crippen molar-refractivity contribution in [2.24, 2.45) is 5.41 Å². The molecular weight excluding hydrogens is 237 g/mol. The van der Waals surface area contributed by atoms with Crippen molar-refractivity contribution in [2.75, 3.05) is 6.61 Å². The molecule has 0 saturated carbocycles. The monoisotopic (exact) mass is 254 g/mol. The molecule has 0 radical (unpaired) electrons. The molecule has 0 aromatic carbocycles. The van der Waals surface area contributed by atoms with Gasteiger partial charge in [0.05, 0.1) is 6.61 Å². The van der Waals surface area contributed by atoms with Crippen LogP contribution in [0.25, 0.3) is 0 Å². The summed E-state index contributed by atoms with van der Waals surface area (Å²) in [4.78, 5) is 10.8. The second-order valence-corrected chi connectivity index (χ2v) is 4.49. The Morgan fingerprint density at radius 1 is 1.29 bits per heavy atom. The van der Waals surface area contributed by atoms with Crippen LogP contribution in [0.3, 0.4) is 0 Å². The topological polar surface area (TPSA) is 35.5 Å².